The van der Waals surface area contributed by atoms with Gasteiger partial charge in [0.1, 0.15) is 11.5 Å². The Morgan fingerprint density at radius 3 is 3.05 bits per heavy atom. The highest BCUT2D eigenvalue weighted by atomic mass is 32.1. The number of nitrogens with one attached hydrogen (secondary N) is 1. The van der Waals surface area contributed by atoms with Crippen LogP contribution in [0.25, 0.3) is 6.08 Å². The molecule has 6 nitrogen and oxygen atoms in total. The zero-order valence-electron chi connectivity index (χ0n) is 11.4. The van der Waals surface area contributed by atoms with Crippen molar-refractivity contribution < 1.29 is 18.7 Å². The third kappa shape index (κ3) is 4.88. The average Bonchev–Trinajstić information content (AvgIpc) is 3.14. The number of rotatable bonds is 6. The van der Waals surface area contributed by atoms with Crippen LogP contribution in [0.4, 0.5) is 5.13 Å². The number of aryl methyl sites for hydroxylation is 1. The monoisotopic (exact) mass is 306 g/mol. The molecule has 110 valence electrons. The Bertz CT molecular complexity index is 631. The fourth-order valence-electron chi connectivity index (χ4n) is 1.54. The molecular weight excluding hydrogens is 292 g/mol. The summed E-state index contributed by atoms with van der Waals surface area (Å²) in [5.74, 6) is 0.647. The second-order valence-electron chi connectivity index (χ2n) is 4.04. The van der Waals surface area contributed by atoms with Crippen molar-refractivity contribution in [2.24, 2.45) is 0 Å². The molecule has 2 rings (SSSR count). The molecule has 2 aromatic rings. The summed E-state index contributed by atoms with van der Waals surface area (Å²) < 4.78 is 10.0. The maximum atomic E-state index is 11.6. The van der Waals surface area contributed by atoms with Crippen LogP contribution in [-0.4, -0.2) is 24.0 Å². The summed E-state index contributed by atoms with van der Waals surface area (Å²) in [6, 6.07) is 3.50. The maximum Gasteiger partial charge on any atom is 0.305 e. The molecule has 0 aliphatic rings. The number of aromatic nitrogens is 1. The molecule has 0 unspecified atom stereocenters. The Hall–Kier alpha value is -2.41. The van der Waals surface area contributed by atoms with Crippen LogP contribution >= 0.6 is 11.3 Å². The van der Waals surface area contributed by atoms with Crippen molar-refractivity contribution in [1.82, 2.24) is 4.98 Å². The number of anilines is 1. The van der Waals surface area contributed by atoms with Crippen molar-refractivity contribution in [3.05, 3.63) is 41.3 Å². The number of thiazole rings is 1. The molecule has 1 amide bonds. The third-order valence-electron chi connectivity index (χ3n) is 2.55. The second kappa shape index (κ2) is 7.39. The number of ether oxygens (including phenoxy) is 1. The first-order valence-electron chi connectivity index (χ1n) is 6.21. The van der Waals surface area contributed by atoms with Crippen LogP contribution in [0, 0.1) is 0 Å². The SMILES string of the molecule is COC(=O)CCc1ccc(/C=C/C(=O)Nc2nccs2)o1. The van der Waals surface area contributed by atoms with Gasteiger partial charge in [-0.15, -0.1) is 11.3 Å². The zero-order valence-corrected chi connectivity index (χ0v) is 12.2. The number of carbonyl (C=O) groups excluding carboxylic acids is 2. The molecule has 2 heterocycles. The lowest BCUT2D eigenvalue weighted by molar-refractivity contribution is -0.140. The van der Waals surface area contributed by atoms with Gasteiger partial charge < -0.3 is 9.15 Å². The van der Waals surface area contributed by atoms with Gasteiger partial charge in [0.15, 0.2) is 5.13 Å². The molecule has 0 spiro atoms. The molecule has 0 saturated carbocycles. The first-order chi connectivity index (χ1) is 10.2. The Morgan fingerprint density at radius 1 is 1.48 bits per heavy atom. The number of methoxy groups -OCH3 is 1. The van der Waals surface area contributed by atoms with E-state index in [0.29, 0.717) is 23.1 Å². The largest absolute Gasteiger partial charge is 0.469 e. The van der Waals surface area contributed by atoms with Crippen LogP contribution in [0.3, 0.4) is 0 Å². The lowest BCUT2D eigenvalue weighted by Gasteiger charge is -1.96. The van der Waals surface area contributed by atoms with Crippen molar-refractivity contribution >= 4 is 34.4 Å². The maximum absolute atomic E-state index is 11.6. The lowest BCUT2D eigenvalue weighted by atomic mass is 10.2. The minimum Gasteiger partial charge on any atom is -0.469 e. The number of hydrogen-bond acceptors (Lipinski definition) is 6. The minimum atomic E-state index is -0.286. The number of amides is 1. The van der Waals surface area contributed by atoms with Gasteiger partial charge >= 0.3 is 5.97 Å². The smallest absolute Gasteiger partial charge is 0.305 e. The van der Waals surface area contributed by atoms with E-state index in [2.05, 4.69) is 15.0 Å². The van der Waals surface area contributed by atoms with Gasteiger partial charge in [-0.1, -0.05) is 0 Å². The van der Waals surface area contributed by atoms with E-state index < -0.39 is 0 Å². The van der Waals surface area contributed by atoms with Crippen LogP contribution in [-0.2, 0) is 20.7 Å². The van der Waals surface area contributed by atoms with E-state index >= 15 is 0 Å². The Kier molecular flexibility index (Phi) is 5.28. The lowest BCUT2D eigenvalue weighted by Crippen LogP contribution is -2.06. The summed E-state index contributed by atoms with van der Waals surface area (Å²) in [6.07, 6.45) is 5.27. The molecule has 0 fully saturated rings. The summed E-state index contributed by atoms with van der Waals surface area (Å²) in [7, 11) is 1.35. The molecule has 21 heavy (non-hydrogen) atoms. The molecule has 7 heteroatoms. The fourth-order valence-corrected chi connectivity index (χ4v) is 2.07. The van der Waals surface area contributed by atoms with E-state index in [-0.39, 0.29) is 18.3 Å². The molecule has 0 atom stereocenters. The predicted octanol–water partition coefficient (Wildman–Crippen LogP) is 2.49. The molecule has 0 aliphatic heterocycles. The number of hydrogen-bond donors (Lipinski definition) is 1. The van der Waals surface area contributed by atoms with Crippen LogP contribution in [0.2, 0.25) is 0 Å². The van der Waals surface area contributed by atoms with Gasteiger partial charge in [-0.3, -0.25) is 14.9 Å². The van der Waals surface area contributed by atoms with Gasteiger partial charge in [0.2, 0.25) is 5.91 Å². The van der Waals surface area contributed by atoms with Gasteiger partial charge in [-0.25, -0.2) is 4.98 Å². The van der Waals surface area contributed by atoms with Crippen molar-refractivity contribution in [2.75, 3.05) is 12.4 Å². The highest BCUT2D eigenvalue weighted by Crippen LogP contribution is 2.13. The number of esters is 1. The Labute approximate surface area is 125 Å². The van der Waals surface area contributed by atoms with Crippen molar-refractivity contribution in [1.29, 1.82) is 0 Å². The van der Waals surface area contributed by atoms with E-state index in [1.807, 2.05) is 0 Å². The van der Waals surface area contributed by atoms with Crippen LogP contribution in [0.5, 0.6) is 0 Å². The normalized spacial score (nSPS) is 10.7. The topological polar surface area (TPSA) is 81.4 Å². The van der Waals surface area contributed by atoms with Crippen LogP contribution < -0.4 is 5.32 Å². The highest BCUT2D eigenvalue weighted by Gasteiger charge is 2.05. The molecule has 0 saturated heterocycles. The van der Waals surface area contributed by atoms with Crippen LogP contribution in [0.1, 0.15) is 17.9 Å². The molecule has 1 N–H and O–H groups in total. The summed E-state index contributed by atoms with van der Waals surface area (Å²) in [5.41, 5.74) is 0. The molecular formula is C14H14N2O4S. The summed E-state index contributed by atoms with van der Waals surface area (Å²) in [6.45, 7) is 0. The molecule has 2 aromatic heterocycles. The van der Waals surface area contributed by atoms with E-state index in [0.717, 1.165) is 0 Å². The highest BCUT2D eigenvalue weighted by molar-refractivity contribution is 7.13. The summed E-state index contributed by atoms with van der Waals surface area (Å²) in [5, 5.41) is 4.95. The average molecular weight is 306 g/mol. The van der Waals surface area contributed by atoms with Gasteiger partial charge in [0.25, 0.3) is 0 Å². The van der Waals surface area contributed by atoms with Gasteiger partial charge in [-0.05, 0) is 18.2 Å². The van der Waals surface area contributed by atoms with Crippen LogP contribution in [0.15, 0.2) is 34.2 Å². The van der Waals surface area contributed by atoms with Gasteiger partial charge in [0.05, 0.1) is 13.5 Å². The molecule has 0 bridgehead atoms. The first kappa shape index (κ1) is 15.0. The second-order valence-corrected chi connectivity index (χ2v) is 4.93. The number of furan rings is 1. The van der Waals surface area contributed by atoms with E-state index in [1.165, 1.54) is 24.5 Å². The van der Waals surface area contributed by atoms with Crippen molar-refractivity contribution in [2.45, 2.75) is 12.8 Å². The first-order valence-corrected chi connectivity index (χ1v) is 7.09. The number of nitrogens with zero attached hydrogens (tertiary/aromatic N) is 1. The number of carbonyl (C=O) groups is 2. The molecule has 0 radical (unpaired) electrons. The zero-order chi connectivity index (χ0) is 15.1. The van der Waals surface area contributed by atoms with E-state index in [9.17, 15) is 9.59 Å². The Morgan fingerprint density at radius 2 is 2.33 bits per heavy atom. The Balaban J connectivity index is 1.85. The van der Waals surface area contributed by atoms with E-state index in [1.54, 1.807) is 29.8 Å². The van der Waals surface area contributed by atoms with E-state index in [4.69, 9.17) is 4.42 Å². The molecule has 0 aliphatic carbocycles. The summed E-state index contributed by atoms with van der Waals surface area (Å²) in [4.78, 5) is 26.6. The van der Waals surface area contributed by atoms with Crippen molar-refractivity contribution in [3.8, 4) is 0 Å². The minimum absolute atomic E-state index is 0.262. The fraction of sp³-hybridized carbons (Fsp3) is 0.214. The summed E-state index contributed by atoms with van der Waals surface area (Å²) >= 11 is 1.34. The van der Waals surface area contributed by atoms with Crippen molar-refractivity contribution in [3.63, 3.8) is 0 Å². The molecule has 0 aromatic carbocycles. The standard InChI is InChI=1S/C14H14N2O4S/c1-19-13(18)7-5-11-3-2-10(20-11)4-6-12(17)16-14-15-8-9-21-14/h2-4,6,8-9H,5,7H2,1H3,(H,15,16,17)/b6-4+. The predicted molar refractivity (Wildman–Crippen MR) is 78.8 cm³/mol. The van der Waals surface area contributed by atoms with Gasteiger partial charge in [-0.2, -0.15) is 0 Å². The third-order valence-corrected chi connectivity index (χ3v) is 3.24. The quantitative estimate of drug-likeness (QED) is 0.655. The van der Waals surface area contributed by atoms with Gasteiger partial charge in [0, 0.05) is 24.1 Å².